The van der Waals surface area contributed by atoms with Crippen LogP contribution in [0.15, 0.2) is 0 Å². The molecule has 1 unspecified atom stereocenters. The van der Waals surface area contributed by atoms with Crippen molar-refractivity contribution in [3.63, 3.8) is 0 Å². The van der Waals surface area contributed by atoms with Gasteiger partial charge in [0, 0.05) is 5.92 Å². The molecule has 0 saturated heterocycles. The zero-order chi connectivity index (χ0) is 18.0. The average molecular weight is 411 g/mol. The molecule has 4 aliphatic rings. The molecule has 0 aromatic carbocycles. The number of halogens is 1. The van der Waals surface area contributed by atoms with Crippen molar-refractivity contribution in [3.8, 4) is 0 Å². The second-order valence-corrected chi connectivity index (χ2v) is 10.9. The SMILES string of the molecule is C[C@H]1CC(O)[C@@]2(C)[C@H](CC[C@@H]3[C@@H]4CC[C@H](C(=O)CBr)[C@@]4(C)CC[C@@H]32)C1. The zero-order valence-corrected chi connectivity index (χ0v) is 17.7. The average Bonchev–Trinajstić information content (AvgIpc) is 2.93. The number of hydrogen-bond acceptors (Lipinski definition) is 2. The Hall–Kier alpha value is 0.110. The third-order valence-corrected chi connectivity index (χ3v) is 10.1. The molecule has 0 radical (unpaired) electrons. The fourth-order valence-electron chi connectivity index (χ4n) is 8.20. The van der Waals surface area contributed by atoms with Crippen molar-refractivity contribution < 1.29 is 9.90 Å². The molecule has 4 aliphatic carbocycles. The molecule has 25 heavy (non-hydrogen) atoms. The fourth-order valence-corrected chi connectivity index (χ4v) is 8.59. The van der Waals surface area contributed by atoms with E-state index in [-0.39, 0.29) is 22.9 Å². The highest BCUT2D eigenvalue weighted by Gasteiger charge is 2.62. The summed E-state index contributed by atoms with van der Waals surface area (Å²) >= 11 is 3.42. The third kappa shape index (κ3) is 2.54. The van der Waals surface area contributed by atoms with E-state index in [0.29, 0.717) is 34.8 Å². The molecule has 0 bridgehead atoms. The monoisotopic (exact) mass is 410 g/mol. The van der Waals surface area contributed by atoms with Crippen LogP contribution in [0.3, 0.4) is 0 Å². The molecule has 0 aromatic rings. The van der Waals surface area contributed by atoms with Gasteiger partial charge in [0.25, 0.3) is 0 Å². The fraction of sp³-hybridized carbons (Fsp3) is 0.955. The minimum absolute atomic E-state index is 0.119. The number of ketones is 1. The van der Waals surface area contributed by atoms with Gasteiger partial charge < -0.3 is 5.11 Å². The van der Waals surface area contributed by atoms with Gasteiger partial charge in [-0.3, -0.25) is 4.79 Å². The van der Waals surface area contributed by atoms with Crippen LogP contribution in [0.4, 0.5) is 0 Å². The standard InChI is InChI=1S/C22H35BrO2/c1-13-10-14-4-5-15-16-6-7-18(19(24)12-23)21(16,2)9-8-17(15)22(14,3)20(25)11-13/h13-18,20,25H,4-12H2,1-3H3/t13-,14-,15-,16+,17+,18-,20?,21+,22+/m1/s1. The molecular formula is C22H35BrO2. The van der Waals surface area contributed by atoms with Gasteiger partial charge in [-0.2, -0.15) is 0 Å². The van der Waals surface area contributed by atoms with E-state index in [1.54, 1.807) is 0 Å². The molecule has 0 aliphatic heterocycles. The lowest BCUT2D eigenvalue weighted by molar-refractivity contribution is -0.172. The number of rotatable bonds is 2. The summed E-state index contributed by atoms with van der Waals surface area (Å²) in [6.45, 7) is 7.16. The van der Waals surface area contributed by atoms with Crippen molar-refractivity contribution in [1.29, 1.82) is 0 Å². The highest BCUT2D eigenvalue weighted by atomic mass is 79.9. The second-order valence-electron chi connectivity index (χ2n) is 10.4. The zero-order valence-electron chi connectivity index (χ0n) is 16.1. The first-order valence-corrected chi connectivity index (χ1v) is 11.7. The Labute approximate surface area is 161 Å². The molecule has 142 valence electrons. The molecule has 4 rings (SSSR count). The lowest BCUT2D eigenvalue weighted by Crippen LogP contribution is -2.58. The van der Waals surface area contributed by atoms with Crippen molar-refractivity contribution in [2.24, 2.45) is 46.3 Å². The van der Waals surface area contributed by atoms with E-state index in [4.69, 9.17) is 0 Å². The van der Waals surface area contributed by atoms with E-state index < -0.39 is 0 Å². The van der Waals surface area contributed by atoms with Crippen molar-refractivity contribution >= 4 is 21.7 Å². The van der Waals surface area contributed by atoms with Gasteiger partial charge in [0.05, 0.1) is 11.4 Å². The Morgan fingerprint density at radius 3 is 2.56 bits per heavy atom. The number of alkyl halides is 1. The summed E-state index contributed by atoms with van der Waals surface area (Å²) < 4.78 is 0. The molecule has 9 atom stereocenters. The molecule has 0 spiro atoms. The van der Waals surface area contributed by atoms with Crippen molar-refractivity contribution in [2.45, 2.75) is 78.2 Å². The highest BCUT2D eigenvalue weighted by molar-refractivity contribution is 9.09. The van der Waals surface area contributed by atoms with E-state index in [1.165, 1.54) is 38.5 Å². The lowest BCUT2D eigenvalue weighted by atomic mass is 9.43. The van der Waals surface area contributed by atoms with Crippen LogP contribution in [0, 0.1) is 46.3 Å². The normalized spacial score (nSPS) is 55.2. The number of aliphatic hydroxyl groups excluding tert-OH is 1. The predicted molar refractivity (Wildman–Crippen MR) is 105 cm³/mol. The van der Waals surface area contributed by atoms with Crippen LogP contribution in [0.25, 0.3) is 0 Å². The van der Waals surface area contributed by atoms with E-state index >= 15 is 0 Å². The van der Waals surface area contributed by atoms with Crippen LogP contribution in [-0.2, 0) is 4.79 Å². The smallest absolute Gasteiger partial charge is 0.147 e. The Morgan fingerprint density at radius 1 is 1.08 bits per heavy atom. The van der Waals surface area contributed by atoms with E-state index in [0.717, 1.165) is 18.8 Å². The van der Waals surface area contributed by atoms with E-state index in [2.05, 4.69) is 36.7 Å². The number of aliphatic hydroxyl groups is 1. The van der Waals surface area contributed by atoms with Crippen molar-refractivity contribution in [2.75, 3.05) is 5.33 Å². The largest absolute Gasteiger partial charge is 0.393 e. The number of Topliss-reactive ketones (excluding diaryl/α,β-unsaturated/α-hetero) is 1. The molecule has 2 nitrogen and oxygen atoms in total. The summed E-state index contributed by atoms with van der Waals surface area (Å²) in [4.78, 5) is 12.5. The number of carbonyl (C=O) groups excluding carboxylic acids is 1. The van der Waals surface area contributed by atoms with Crippen LogP contribution >= 0.6 is 15.9 Å². The Kier molecular flexibility index (Phi) is 4.68. The topological polar surface area (TPSA) is 37.3 Å². The number of fused-ring (bicyclic) bond motifs is 5. The number of carbonyl (C=O) groups is 1. The molecule has 4 saturated carbocycles. The van der Waals surface area contributed by atoms with Gasteiger partial charge in [0.1, 0.15) is 5.78 Å². The first-order chi connectivity index (χ1) is 11.8. The van der Waals surface area contributed by atoms with Gasteiger partial charge in [0.15, 0.2) is 0 Å². The Balaban J connectivity index is 1.63. The van der Waals surface area contributed by atoms with Crippen LogP contribution in [-0.4, -0.2) is 22.3 Å². The van der Waals surface area contributed by atoms with E-state index in [1.807, 2.05) is 0 Å². The van der Waals surface area contributed by atoms with Gasteiger partial charge >= 0.3 is 0 Å². The minimum Gasteiger partial charge on any atom is -0.393 e. The molecule has 0 amide bonds. The quantitative estimate of drug-likeness (QED) is 0.633. The number of hydrogen-bond donors (Lipinski definition) is 1. The molecular weight excluding hydrogens is 376 g/mol. The second kappa shape index (κ2) is 6.33. The van der Waals surface area contributed by atoms with Crippen LogP contribution in [0.1, 0.15) is 72.1 Å². The molecule has 1 N–H and O–H groups in total. The maximum atomic E-state index is 12.5. The highest BCUT2D eigenvalue weighted by Crippen LogP contribution is 2.67. The summed E-state index contributed by atoms with van der Waals surface area (Å²) in [5, 5.41) is 11.6. The van der Waals surface area contributed by atoms with Gasteiger partial charge in [0.2, 0.25) is 0 Å². The molecule has 3 heteroatoms. The first kappa shape index (κ1) is 18.5. The molecule has 0 heterocycles. The Morgan fingerprint density at radius 2 is 1.84 bits per heavy atom. The molecule has 0 aromatic heterocycles. The van der Waals surface area contributed by atoms with Gasteiger partial charge in [-0.15, -0.1) is 0 Å². The third-order valence-electron chi connectivity index (χ3n) is 9.52. The predicted octanol–water partition coefficient (Wildman–Crippen LogP) is 5.22. The van der Waals surface area contributed by atoms with Gasteiger partial charge in [-0.25, -0.2) is 0 Å². The van der Waals surface area contributed by atoms with Crippen molar-refractivity contribution in [1.82, 2.24) is 0 Å². The summed E-state index contributed by atoms with van der Waals surface area (Å²) in [5.74, 6) is 4.17. The first-order valence-electron chi connectivity index (χ1n) is 10.6. The van der Waals surface area contributed by atoms with Crippen molar-refractivity contribution in [3.05, 3.63) is 0 Å². The maximum Gasteiger partial charge on any atom is 0.147 e. The maximum absolute atomic E-state index is 12.5. The summed E-state index contributed by atoms with van der Waals surface area (Å²) in [6.07, 6.45) is 9.53. The van der Waals surface area contributed by atoms with E-state index in [9.17, 15) is 9.90 Å². The van der Waals surface area contributed by atoms with Gasteiger partial charge in [-0.05, 0) is 91.8 Å². The molecule has 4 fully saturated rings. The van der Waals surface area contributed by atoms with Crippen LogP contribution < -0.4 is 0 Å². The summed E-state index contributed by atoms with van der Waals surface area (Å²) in [6, 6.07) is 0. The summed E-state index contributed by atoms with van der Waals surface area (Å²) in [5.41, 5.74) is 0.330. The lowest BCUT2D eigenvalue weighted by Gasteiger charge is -2.62. The van der Waals surface area contributed by atoms with Crippen LogP contribution in [0.5, 0.6) is 0 Å². The minimum atomic E-state index is -0.125. The summed E-state index contributed by atoms with van der Waals surface area (Å²) in [7, 11) is 0. The van der Waals surface area contributed by atoms with Crippen LogP contribution in [0.2, 0.25) is 0 Å². The Bertz CT molecular complexity index is 548. The van der Waals surface area contributed by atoms with Gasteiger partial charge in [-0.1, -0.05) is 36.7 Å².